The van der Waals surface area contributed by atoms with Gasteiger partial charge in [0.1, 0.15) is 6.23 Å². The van der Waals surface area contributed by atoms with Crippen molar-refractivity contribution in [2.45, 2.75) is 58.7 Å². The van der Waals surface area contributed by atoms with Gasteiger partial charge in [0, 0.05) is 6.04 Å². The number of hydrogen-bond donors (Lipinski definition) is 1. The Bertz CT molecular complexity index is 170. The molecule has 1 saturated carbocycles. The molecule has 0 aromatic rings. The van der Waals surface area contributed by atoms with Crippen LogP contribution in [0.4, 0.5) is 0 Å². The molecule has 84 valence electrons. The second-order valence-electron chi connectivity index (χ2n) is 5.09. The van der Waals surface area contributed by atoms with E-state index in [2.05, 4.69) is 25.8 Å². The minimum Gasteiger partial charge on any atom is -0.378 e. The SMILES string of the molecule is CCC(O)N(C)C1CCC1CC(C)C. The molecule has 1 aliphatic carbocycles. The maximum absolute atomic E-state index is 9.74. The smallest absolute Gasteiger partial charge is 0.107 e. The van der Waals surface area contributed by atoms with Crippen molar-refractivity contribution < 1.29 is 5.11 Å². The van der Waals surface area contributed by atoms with E-state index in [1.54, 1.807) is 0 Å². The summed E-state index contributed by atoms with van der Waals surface area (Å²) in [6.07, 6.45) is 4.52. The lowest BCUT2D eigenvalue weighted by molar-refractivity contribution is -0.0575. The lowest BCUT2D eigenvalue weighted by Crippen LogP contribution is -2.49. The molecule has 2 nitrogen and oxygen atoms in total. The van der Waals surface area contributed by atoms with E-state index in [-0.39, 0.29) is 6.23 Å². The summed E-state index contributed by atoms with van der Waals surface area (Å²) in [4.78, 5) is 2.16. The fourth-order valence-corrected chi connectivity index (χ4v) is 2.48. The van der Waals surface area contributed by atoms with E-state index in [4.69, 9.17) is 0 Å². The molecule has 0 aromatic heterocycles. The fourth-order valence-electron chi connectivity index (χ4n) is 2.48. The molecule has 1 N–H and O–H groups in total. The van der Waals surface area contributed by atoms with E-state index in [0.717, 1.165) is 18.3 Å². The Morgan fingerprint density at radius 2 is 2.00 bits per heavy atom. The third-order valence-electron chi connectivity index (χ3n) is 3.51. The predicted octanol–water partition coefficient (Wildman–Crippen LogP) is 2.47. The van der Waals surface area contributed by atoms with Gasteiger partial charge in [0.2, 0.25) is 0 Å². The Hall–Kier alpha value is -0.0800. The van der Waals surface area contributed by atoms with Gasteiger partial charge in [0.05, 0.1) is 0 Å². The summed E-state index contributed by atoms with van der Waals surface area (Å²) in [5, 5.41) is 9.74. The summed E-state index contributed by atoms with van der Waals surface area (Å²) < 4.78 is 0. The van der Waals surface area contributed by atoms with Crippen LogP contribution in [0.25, 0.3) is 0 Å². The summed E-state index contributed by atoms with van der Waals surface area (Å²) in [5.74, 6) is 1.61. The topological polar surface area (TPSA) is 23.5 Å². The van der Waals surface area contributed by atoms with Crippen molar-refractivity contribution in [3.8, 4) is 0 Å². The summed E-state index contributed by atoms with van der Waals surface area (Å²) in [6.45, 7) is 6.61. The highest BCUT2D eigenvalue weighted by Crippen LogP contribution is 2.36. The van der Waals surface area contributed by atoms with Crippen LogP contribution < -0.4 is 0 Å². The second kappa shape index (κ2) is 5.13. The van der Waals surface area contributed by atoms with E-state index in [9.17, 15) is 5.11 Å². The summed E-state index contributed by atoms with van der Waals surface area (Å²) in [7, 11) is 2.06. The van der Waals surface area contributed by atoms with Gasteiger partial charge in [-0.2, -0.15) is 0 Å². The average molecular weight is 199 g/mol. The van der Waals surface area contributed by atoms with Gasteiger partial charge in [0.15, 0.2) is 0 Å². The van der Waals surface area contributed by atoms with Crippen LogP contribution in [0.5, 0.6) is 0 Å². The largest absolute Gasteiger partial charge is 0.378 e. The van der Waals surface area contributed by atoms with Gasteiger partial charge in [-0.1, -0.05) is 20.8 Å². The van der Waals surface area contributed by atoms with Gasteiger partial charge < -0.3 is 5.11 Å². The van der Waals surface area contributed by atoms with E-state index < -0.39 is 0 Å². The van der Waals surface area contributed by atoms with Crippen molar-refractivity contribution in [3.63, 3.8) is 0 Å². The summed E-state index contributed by atoms with van der Waals surface area (Å²) in [6, 6.07) is 0.632. The number of nitrogens with zero attached hydrogens (tertiary/aromatic N) is 1. The molecule has 3 atom stereocenters. The maximum atomic E-state index is 9.74. The van der Waals surface area contributed by atoms with Crippen molar-refractivity contribution in [3.05, 3.63) is 0 Å². The molecule has 0 radical (unpaired) electrons. The molecular formula is C12H25NO. The van der Waals surface area contributed by atoms with E-state index in [1.165, 1.54) is 19.3 Å². The first-order valence-corrected chi connectivity index (χ1v) is 5.96. The summed E-state index contributed by atoms with van der Waals surface area (Å²) >= 11 is 0. The normalized spacial score (nSPS) is 29.4. The predicted molar refractivity (Wildman–Crippen MR) is 60.0 cm³/mol. The van der Waals surface area contributed by atoms with Crippen LogP contribution >= 0.6 is 0 Å². The van der Waals surface area contributed by atoms with Crippen molar-refractivity contribution in [1.82, 2.24) is 4.90 Å². The molecule has 2 heteroatoms. The fraction of sp³-hybridized carbons (Fsp3) is 1.00. The monoisotopic (exact) mass is 199 g/mol. The Kier molecular flexibility index (Phi) is 4.39. The van der Waals surface area contributed by atoms with Crippen LogP contribution in [0.2, 0.25) is 0 Å². The quantitative estimate of drug-likeness (QED) is 0.688. The maximum Gasteiger partial charge on any atom is 0.107 e. The molecule has 0 saturated heterocycles. The van der Waals surface area contributed by atoms with Crippen molar-refractivity contribution in [2.75, 3.05) is 7.05 Å². The zero-order chi connectivity index (χ0) is 10.7. The molecule has 0 heterocycles. The number of aliphatic hydroxyl groups is 1. The highest BCUT2D eigenvalue weighted by Gasteiger charge is 2.35. The van der Waals surface area contributed by atoms with Gasteiger partial charge in [-0.05, 0) is 44.6 Å². The molecule has 3 unspecified atom stereocenters. The molecule has 1 rings (SSSR count). The molecule has 1 fully saturated rings. The Morgan fingerprint density at radius 3 is 2.36 bits per heavy atom. The van der Waals surface area contributed by atoms with Gasteiger partial charge in [-0.15, -0.1) is 0 Å². The van der Waals surface area contributed by atoms with Crippen molar-refractivity contribution >= 4 is 0 Å². The first-order valence-electron chi connectivity index (χ1n) is 5.96. The van der Waals surface area contributed by atoms with Crippen molar-refractivity contribution in [1.29, 1.82) is 0 Å². The molecule has 0 aliphatic heterocycles. The van der Waals surface area contributed by atoms with Gasteiger partial charge in [-0.3, -0.25) is 4.90 Å². The second-order valence-corrected chi connectivity index (χ2v) is 5.09. The average Bonchev–Trinajstić information content (AvgIpc) is 2.10. The minimum atomic E-state index is -0.241. The van der Waals surface area contributed by atoms with Crippen molar-refractivity contribution in [2.24, 2.45) is 11.8 Å². The highest BCUT2D eigenvalue weighted by atomic mass is 16.3. The highest BCUT2D eigenvalue weighted by molar-refractivity contribution is 4.88. The molecule has 0 amide bonds. The van der Waals surface area contributed by atoms with Crippen LogP contribution in [-0.4, -0.2) is 29.3 Å². The number of aliphatic hydroxyl groups excluding tert-OH is 1. The lowest BCUT2D eigenvalue weighted by Gasteiger charge is -2.45. The molecule has 1 aliphatic rings. The van der Waals surface area contributed by atoms with E-state index in [0.29, 0.717) is 6.04 Å². The van der Waals surface area contributed by atoms with E-state index in [1.807, 2.05) is 6.92 Å². The van der Waals surface area contributed by atoms with Crippen LogP contribution in [0.3, 0.4) is 0 Å². The lowest BCUT2D eigenvalue weighted by atomic mass is 9.74. The first kappa shape index (κ1) is 12.0. The van der Waals surface area contributed by atoms with Crippen LogP contribution in [0.15, 0.2) is 0 Å². The van der Waals surface area contributed by atoms with Crippen LogP contribution in [0.1, 0.15) is 46.5 Å². The zero-order valence-electron chi connectivity index (χ0n) is 10.0. The first-order chi connectivity index (χ1) is 6.56. The Labute approximate surface area is 88.3 Å². The van der Waals surface area contributed by atoms with Gasteiger partial charge >= 0.3 is 0 Å². The molecule has 14 heavy (non-hydrogen) atoms. The molecule has 0 bridgehead atoms. The number of rotatable bonds is 5. The Morgan fingerprint density at radius 1 is 1.36 bits per heavy atom. The van der Waals surface area contributed by atoms with Gasteiger partial charge in [0.25, 0.3) is 0 Å². The zero-order valence-corrected chi connectivity index (χ0v) is 10.0. The Balaban J connectivity index is 2.37. The third-order valence-corrected chi connectivity index (χ3v) is 3.51. The summed E-state index contributed by atoms with van der Waals surface area (Å²) in [5.41, 5.74) is 0. The molecule has 0 aromatic carbocycles. The van der Waals surface area contributed by atoms with Crippen LogP contribution in [-0.2, 0) is 0 Å². The molecular weight excluding hydrogens is 174 g/mol. The number of hydrogen-bond acceptors (Lipinski definition) is 2. The van der Waals surface area contributed by atoms with Crippen LogP contribution in [0, 0.1) is 11.8 Å². The minimum absolute atomic E-state index is 0.241. The van der Waals surface area contributed by atoms with E-state index >= 15 is 0 Å². The standard InChI is InChI=1S/C12H25NO/c1-5-12(14)13(4)11-7-6-10(11)8-9(2)3/h9-12,14H,5-8H2,1-4H3. The third kappa shape index (κ3) is 2.71. The molecule has 0 spiro atoms. The van der Waals surface area contributed by atoms with Gasteiger partial charge in [-0.25, -0.2) is 0 Å².